The fourth-order valence-corrected chi connectivity index (χ4v) is 2.65. The Hall–Kier alpha value is -2.26. The Bertz CT molecular complexity index is 874. The molecule has 2 aromatic carbocycles. The molecule has 0 fully saturated rings. The number of amides is 1. The van der Waals surface area contributed by atoms with E-state index < -0.39 is 30.2 Å². The van der Waals surface area contributed by atoms with Gasteiger partial charge < -0.3 is 14.8 Å². The number of halogens is 5. The minimum atomic E-state index is -4.56. The van der Waals surface area contributed by atoms with Gasteiger partial charge in [-0.1, -0.05) is 11.6 Å². The van der Waals surface area contributed by atoms with Gasteiger partial charge in [0, 0.05) is 0 Å². The first-order valence-electron chi connectivity index (χ1n) is 7.29. The molecule has 1 N–H and O–H groups in total. The second kappa shape index (κ2) is 8.62. The highest BCUT2D eigenvalue weighted by Crippen LogP contribution is 2.34. The molecule has 0 radical (unpaired) electrons. The molecule has 144 valence electrons. The van der Waals surface area contributed by atoms with Crippen molar-refractivity contribution in [3.63, 3.8) is 0 Å². The lowest BCUT2D eigenvalue weighted by Gasteiger charge is -2.13. The lowest BCUT2D eigenvalue weighted by atomic mass is 10.2. The third-order valence-corrected chi connectivity index (χ3v) is 4.23. The lowest BCUT2D eigenvalue weighted by Crippen LogP contribution is -2.21. The number of carbonyl (C=O) groups excluding carboxylic acids is 2. The molecule has 0 saturated heterocycles. The van der Waals surface area contributed by atoms with Crippen molar-refractivity contribution in [2.75, 3.05) is 19.0 Å². The van der Waals surface area contributed by atoms with Gasteiger partial charge in [0.05, 0.1) is 33.4 Å². The van der Waals surface area contributed by atoms with E-state index in [1.54, 1.807) is 0 Å². The molecule has 2 aromatic rings. The van der Waals surface area contributed by atoms with Crippen LogP contribution in [0.3, 0.4) is 0 Å². The molecular weight excluding hydrogens is 455 g/mol. The van der Waals surface area contributed by atoms with Crippen LogP contribution in [0.4, 0.5) is 18.9 Å². The summed E-state index contributed by atoms with van der Waals surface area (Å²) in [5.41, 5.74) is -0.846. The summed E-state index contributed by atoms with van der Waals surface area (Å²) in [5, 5.41) is 2.22. The molecule has 5 nitrogen and oxygen atoms in total. The fraction of sp³-hybridized carbons (Fsp3) is 0.176. The number of alkyl halides is 3. The van der Waals surface area contributed by atoms with E-state index in [-0.39, 0.29) is 22.0 Å². The number of ether oxygens (including phenoxy) is 2. The van der Waals surface area contributed by atoms with E-state index in [0.717, 1.165) is 18.2 Å². The van der Waals surface area contributed by atoms with Gasteiger partial charge in [-0.2, -0.15) is 13.2 Å². The maximum absolute atomic E-state index is 12.7. The second-order valence-electron chi connectivity index (χ2n) is 5.17. The number of rotatable bonds is 5. The molecule has 0 aliphatic rings. The number of nitrogens with one attached hydrogen (secondary N) is 1. The highest BCUT2D eigenvalue weighted by molar-refractivity contribution is 9.10. The van der Waals surface area contributed by atoms with Crippen LogP contribution in [0.25, 0.3) is 0 Å². The Kier molecular flexibility index (Phi) is 6.72. The van der Waals surface area contributed by atoms with E-state index in [1.165, 1.54) is 25.3 Å². The topological polar surface area (TPSA) is 64.6 Å². The molecule has 0 aromatic heterocycles. The van der Waals surface area contributed by atoms with Gasteiger partial charge in [0.1, 0.15) is 5.75 Å². The number of anilines is 1. The molecule has 0 bridgehead atoms. The minimum absolute atomic E-state index is 0.0417. The zero-order valence-corrected chi connectivity index (χ0v) is 16.0. The van der Waals surface area contributed by atoms with Gasteiger partial charge in [-0.15, -0.1) is 0 Å². The fourth-order valence-electron chi connectivity index (χ4n) is 1.99. The van der Waals surface area contributed by atoms with Crippen molar-refractivity contribution in [1.82, 2.24) is 0 Å². The van der Waals surface area contributed by atoms with Crippen molar-refractivity contribution in [3.05, 3.63) is 57.0 Å². The number of carbonyl (C=O) groups is 2. The highest BCUT2D eigenvalue weighted by atomic mass is 79.9. The van der Waals surface area contributed by atoms with Crippen LogP contribution in [0.15, 0.2) is 40.9 Å². The van der Waals surface area contributed by atoms with Gasteiger partial charge in [-0.3, -0.25) is 4.79 Å². The van der Waals surface area contributed by atoms with Crippen molar-refractivity contribution >= 4 is 45.1 Å². The Morgan fingerprint density at radius 3 is 2.48 bits per heavy atom. The van der Waals surface area contributed by atoms with Crippen LogP contribution in [0.1, 0.15) is 15.9 Å². The van der Waals surface area contributed by atoms with E-state index in [0.29, 0.717) is 4.47 Å². The first-order chi connectivity index (χ1) is 12.6. The Balaban J connectivity index is 2.04. The maximum atomic E-state index is 12.7. The van der Waals surface area contributed by atoms with Crippen LogP contribution >= 0.6 is 27.5 Å². The number of hydrogen-bond donors (Lipinski definition) is 1. The zero-order valence-electron chi connectivity index (χ0n) is 13.7. The van der Waals surface area contributed by atoms with Crippen molar-refractivity contribution < 1.29 is 32.2 Å². The SMILES string of the molecule is COC(=O)c1ccc(OCC(=O)Nc2cc(C(F)(F)F)ccc2Cl)c(Br)c1. The monoisotopic (exact) mass is 465 g/mol. The molecule has 0 spiro atoms. The second-order valence-corrected chi connectivity index (χ2v) is 6.43. The molecule has 0 aliphatic carbocycles. The van der Waals surface area contributed by atoms with Crippen LogP contribution in [0.5, 0.6) is 5.75 Å². The number of methoxy groups -OCH3 is 1. The van der Waals surface area contributed by atoms with E-state index in [1.807, 2.05) is 0 Å². The van der Waals surface area contributed by atoms with Crippen molar-refractivity contribution in [2.45, 2.75) is 6.18 Å². The largest absolute Gasteiger partial charge is 0.483 e. The molecule has 10 heteroatoms. The first-order valence-corrected chi connectivity index (χ1v) is 8.46. The molecule has 27 heavy (non-hydrogen) atoms. The summed E-state index contributed by atoms with van der Waals surface area (Å²) in [4.78, 5) is 23.4. The molecule has 0 saturated carbocycles. The van der Waals surface area contributed by atoms with Crippen LogP contribution < -0.4 is 10.1 Å². The van der Waals surface area contributed by atoms with E-state index >= 15 is 0 Å². The standard InChI is InChI=1S/C17H12BrClF3NO4/c1-26-16(25)9-2-5-14(11(18)6-9)27-8-15(24)23-13-7-10(17(20,21)22)3-4-12(13)19/h2-7H,8H2,1H3,(H,23,24). The zero-order chi connectivity index (χ0) is 20.2. The molecule has 1 amide bonds. The van der Waals surface area contributed by atoms with Gasteiger partial charge in [-0.25, -0.2) is 4.79 Å². The van der Waals surface area contributed by atoms with E-state index in [9.17, 15) is 22.8 Å². The third kappa shape index (κ3) is 5.61. The normalized spacial score (nSPS) is 11.0. The minimum Gasteiger partial charge on any atom is -0.483 e. The highest BCUT2D eigenvalue weighted by Gasteiger charge is 2.31. The summed E-state index contributed by atoms with van der Waals surface area (Å²) in [6.07, 6.45) is -4.56. The van der Waals surface area contributed by atoms with Crippen LogP contribution in [-0.2, 0) is 15.7 Å². The number of benzene rings is 2. The quantitative estimate of drug-likeness (QED) is 0.635. The van der Waals surface area contributed by atoms with E-state index in [4.69, 9.17) is 16.3 Å². The smallest absolute Gasteiger partial charge is 0.416 e. The number of hydrogen-bond acceptors (Lipinski definition) is 4. The summed E-state index contributed by atoms with van der Waals surface area (Å²) in [5.74, 6) is -0.993. The average Bonchev–Trinajstić information content (AvgIpc) is 2.60. The Morgan fingerprint density at radius 2 is 1.89 bits per heavy atom. The van der Waals surface area contributed by atoms with Crippen molar-refractivity contribution in [2.24, 2.45) is 0 Å². The first kappa shape index (κ1) is 21.0. The van der Waals surface area contributed by atoms with Gasteiger partial charge in [0.25, 0.3) is 5.91 Å². The molecular formula is C17H12BrClF3NO4. The van der Waals surface area contributed by atoms with Crippen LogP contribution in [0, 0.1) is 0 Å². The average molecular weight is 467 g/mol. The van der Waals surface area contributed by atoms with Gasteiger partial charge in [0.2, 0.25) is 0 Å². The van der Waals surface area contributed by atoms with Gasteiger partial charge >= 0.3 is 12.1 Å². The number of esters is 1. The third-order valence-electron chi connectivity index (χ3n) is 3.28. The lowest BCUT2D eigenvalue weighted by molar-refractivity contribution is -0.137. The molecule has 0 aliphatic heterocycles. The van der Waals surface area contributed by atoms with Gasteiger partial charge in [0.15, 0.2) is 6.61 Å². The van der Waals surface area contributed by atoms with Gasteiger partial charge in [-0.05, 0) is 52.3 Å². The van der Waals surface area contributed by atoms with E-state index in [2.05, 4.69) is 26.0 Å². The Morgan fingerprint density at radius 1 is 1.19 bits per heavy atom. The molecule has 0 atom stereocenters. The molecule has 2 rings (SSSR count). The molecule has 0 heterocycles. The summed E-state index contributed by atoms with van der Waals surface area (Å²) in [6, 6.07) is 6.93. The summed E-state index contributed by atoms with van der Waals surface area (Å²) in [7, 11) is 1.24. The molecule has 0 unspecified atom stereocenters. The predicted molar refractivity (Wildman–Crippen MR) is 96.1 cm³/mol. The predicted octanol–water partition coefficient (Wildman–Crippen LogP) is 4.93. The Labute approximate surface area is 165 Å². The summed E-state index contributed by atoms with van der Waals surface area (Å²) in [6.45, 7) is -0.483. The van der Waals surface area contributed by atoms with Crippen LogP contribution in [0.2, 0.25) is 5.02 Å². The van der Waals surface area contributed by atoms with Crippen molar-refractivity contribution in [1.29, 1.82) is 0 Å². The summed E-state index contributed by atoms with van der Waals surface area (Å²) >= 11 is 9.01. The maximum Gasteiger partial charge on any atom is 0.416 e. The van der Waals surface area contributed by atoms with Crippen LogP contribution in [-0.4, -0.2) is 25.6 Å². The summed E-state index contributed by atoms with van der Waals surface area (Å²) < 4.78 is 48.5. The van der Waals surface area contributed by atoms with Crippen molar-refractivity contribution in [3.8, 4) is 5.75 Å².